The molecule has 1 aliphatic heterocycles. The summed E-state index contributed by atoms with van der Waals surface area (Å²) in [5.74, 6) is 2.12. The first kappa shape index (κ1) is 21.5. The number of benzene rings is 2. The van der Waals surface area contributed by atoms with Crippen molar-refractivity contribution in [3.63, 3.8) is 0 Å². The molecule has 0 aliphatic carbocycles. The van der Waals surface area contributed by atoms with Crippen LogP contribution in [0.5, 0.6) is 11.5 Å². The number of rotatable bonds is 7. The van der Waals surface area contributed by atoms with Crippen LogP contribution in [0.15, 0.2) is 42.5 Å². The molecule has 0 saturated heterocycles. The average molecular weight is 463 g/mol. The first-order chi connectivity index (χ1) is 16.1. The van der Waals surface area contributed by atoms with E-state index in [-0.39, 0.29) is 11.8 Å². The summed E-state index contributed by atoms with van der Waals surface area (Å²) in [4.78, 5) is 17.6. The number of nitrogens with zero attached hydrogens (tertiary/aromatic N) is 3. The lowest BCUT2D eigenvalue weighted by Crippen LogP contribution is -2.25. The minimum absolute atomic E-state index is 0.0419. The number of anilines is 1. The summed E-state index contributed by atoms with van der Waals surface area (Å²) in [6.45, 7) is 4.78. The van der Waals surface area contributed by atoms with Crippen LogP contribution in [-0.2, 0) is 4.79 Å². The van der Waals surface area contributed by atoms with Gasteiger partial charge in [-0.2, -0.15) is 9.78 Å². The van der Waals surface area contributed by atoms with Crippen molar-refractivity contribution < 1.29 is 14.3 Å². The molecule has 8 heteroatoms. The molecule has 4 aromatic rings. The molecule has 1 amide bonds. The molecule has 170 valence electrons. The van der Waals surface area contributed by atoms with Crippen molar-refractivity contribution in [1.82, 2.24) is 14.8 Å². The normalized spacial score (nSPS) is 15.4. The number of hydrogen-bond donors (Lipinski definition) is 1. The van der Waals surface area contributed by atoms with E-state index in [0.29, 0.717) is 24.0 Å². The second-order valence-electron chi connectivity index (χ2n) is 8.13. The van der Waals surface area contributed by atoms with Crippen molar-refractivity contribution in [1.29, 1.82) is 0 Å². The highest BCUT2D eigenvalue weighted by molar-refractivity contribution is 7.20. The Kier molecular flexibility index (Phi) is 5.76. The van der Waals surface area contributed by atoms with Gasteiger partial charge >= 0.3 is 0 Å². The SMILES string of the molecule is CCCCOc1ccccc1[C@@H]1CC(=O)Nc2c1c(C)nn2-c1nc2ccc(OC)cc2s1. The molecule has 0 fully saturated rings. The number of fused-ring (bicyclic) bond motifs is 2. The van der Waals surface area contributed by atoms with Gasteiger partial charge in [0, 0.05) is 23.5 Å². The summed E-state index contributed by atoms with van der Waals surface area (Å²) >= 11 is 1.51. The molecule has 3 heterocycles. The van der Waals surface area contributed by atoms with Gasteiger partial charge in [-0.05, 0) is 37.6 Å². The zero-order valence-electron chi connectivity index (χ0n) is 18.9. The minimum Gasteiger partial charge on any atom is -0.497 e. The maximum Gasteiger partial charge on any atom is 0.226 e. The van der Waals surface area contributed by atoms with Gasteiger partial charge in [-0.1, -0.05) is 42.9 Å². The van der Waals surface area contributed by atoms with E-state index in [1.165, 1.54) is 11.3 Å². The van der Waals surface area contributed by atoms with Crippen molar-refractivity contribution in [2.24, 2.45) is 0 Å². The number of aryl methyl sites for hydroxylation is 1. The fourth-order valence-corrected chi connectivity index (χ4v) is 5.24. The molecule has 0 saturated carbocycles. The Morgan fingerprint density at radius 3 is 2.91 bits per heavy atom. The summed E-state index contributed by atoms with van der Waals surface area (Å²) in [6.07, 6.45) is 2.41. The Hall–Kier alpha value is -3.39. The van der Waals surface area contributed by atoms with Crippen LogP contribution < -0.4 is 14.8 Å². The smallest absolute Gasteiger partial charge is 0.226 e. The lowest BCUT2D eigenvalue weighted by molar-refractivity contribution is -0.116. The van der Waals surface area contributed by atoms with Gasteiger partial charge in [0.05, 0.1) is 29.6 Å². The van der Waals surface area contributed by atoms with Crippen molar-refractivity contribution in [3.05, 3.63) is 59.3 Å². The second-order valence-corrected chi connectivity index (χ2v) is 9.14. The van der Waals surface area contributed by atoms with E-state index in [4.69, 9.17) is 19.6 Å². The standard InChI is InChI=1S/C25H26N4O3S/c1-4-5-12-32-20-9-7-6-8-17(20)18-14-22(30)27-24-23(18)15(2)28-29(24)25-26-19-11-10-16(31-3)13-21(19)33-25/h6-11,13,18H,4-5,12,14H2,1-3H3,(H,27,30)/t18-/m0/s1. The summed E-state index contributed by atoms with van der Waals surface area (Å²) in [6, 6.07) is 13.8. The molecule has 5 rings (SSSR count). The summed E-state index contributed by atoms with van der Waals surface area (Å²) < 4.78 is 14.2. The van der Waals surface area contributed by atoms with Gasteiger partial charge in [-0.15, -0.1) is 0 Å². The number of unbranched alkanes of at least 4 members (excludes halogenated alkanes) is 1. The van der Waals surface area contributed by atoms with Crippen LogP contribution in [0.25, 0.3) is 15.3 Å². The Bertz CT molecular complexity index is 1330. The van der Waals surface area contributed by atoms with Crippen LogP contribution in [0.1, 0.15) is 48.9 Å². The highest BCUT2D eigenvalue weighted by atomic mass is 32.1. The highest BCUT2D eigenvalue weighted by Crippen LogP contribution is 2.43. The maximum atomic E-state index is 12.8. The minimum atomic E-state index is -0.130. The maximum absolute atomic E-state index is 12.8. The van der Waals surface area contributed by atoms with Crippen LogP contribution in [0.4, 0.5) is 5.82 Å². The van der Waals surface area contributed by atoms with Gasteiger partial charge in [0.15, 0.2) is 0 Å². The zero-order chi connectivity index (χ0) is 22.9. The summed E-state index contributed by atoms with van der Waals surface area (Å²) in [5.41, 5.74) is 3.76. The second kappa shape index (κ2) is 8.86. The Morgan fingerprint density at radius 2 is 2.09 bits per heavy atom. The van der Waals surface area contributed by atoms with E-state index < -0.39 is 0 Å². The van der Waals surface area contributed by atoms with E-state index >= 15 is 0 Å². The predicted molar refractivity (Wildman–Crippen MR) is 130 cm³/mol. The number of aromatic nitrogens is 3. The lowest BCUT2D eigenvalue weighted by atomic mass is 9.85. The number of carbonyl (C=O) groups is 1. The van der Waals surface area contributed by atoms with Crippen LogP contribution in [0, 0.1) is 6.92 Å². The van der Waals surface area contributed by atoms with Crippen molar-refractivity contribution >= 4 is 33.3 Å². The first-order valence-corrected chi connectivity index (χ1v) is 12.0. The fourth-order valence-electron chi connectivity index (χ4n) is 4.29. The van der Waals surface area contributed by atoms with Crippen molar-refractivity contribution in [3.8, 4) is 16.6 Å². The third kappa shape index (κ3) is 3.95. The van der Waals surface area contributed by atoms with Gasteiger partial charge < -0.3 is 14.8 Å². The Labute approximate surface area is 196 Å². The van der Waals surface area contributed by atoms with E-state index in [9.17, 15) is 4.79 Å². The largest absolute Gasteiger partial charge is 0.497 e. The Balaban J connectivity index is 1.59. The molecular weight excluding hydrogens is 436 g/mol. The monoisotopic (exact) mass is 462 g/mol. The van der Waals surface area contributed by atoms with Crippen LogP contribution in [0.3, 0.4) is 0 Å². The quantitative estimate of drug-likeness (QED) is 0.370. The lowest BCUT2D eigenvalue weighted by Gasteiger charge is -2.25. The number of carbonyl (C=O) groups excluding carboxylic acids is 1. The number of nitrogens with one attached hydrogen (secondary N) is 1. The third-order valence-electron chi connectivity index (χ3n) is 5.92. The molecule has 0 unspecified atom stereocenters. The third-order valence-corrected chi connectivity index (χ3v) is 6.91. The van der Waals surface area contributed by atoms with Gasteiger partial charge in [0.1, 0.15) is 17.3 Å². The summed E-state index contributed by atoms with van der Waals surface area (Å²) in [7, 11) is 1.65. The molecule has 0 spiro atoms. The number of ether oxygens (including phenoxy) is 2. The molecule has 7 nitrogen and oxygen atoms in total. The molecule has 0 bridgehead atoms. The molecule has 2 aromatic heterocycles. The van der Waals surface area contributed by atoms with Crippen molar-refractivity contribution in [2.75, 3.05) is 19.0 Å². The Morgan fingerprint density at radius 1 is 1.24 bits per heavy atom. The van der Waals surface area contributed by atoms with Crippen LogP contribution in [-0.4, -0.2) is 34.4 Å². The number of hydrogen-bond acceptors (Lipinski definition) is 6. The van der Waals surface area contributed by atoms with E-state index in [2.05, 4.69) is 18.3 Å². The van der Waals surface area contributed by atoms with Gasteiger partial charge in [-0.25, -0.2) is 4.98 Å². The van der Waals surface area contributed by atoms with E-state index in [1.54, 1.807) is 11.8 Å². The van der Waals surface area contributed by atoms with Crippen LogP contribution in [0.2, 0.25) is 0 Å². The zero-order valence-corrected chi connectivity index (χ0v) is 19.7. The fraction of sp³-hybridized carbons (Fsp3) is 0.320. The number of amides is 1. The van der Waals surface area contributed by atoms with Gasteiger partial charge in [0.25, 0.3) is 0 Å². The molecular formula is C25H26N4O3S. The molecule has 1 atom stereocenters. The van der Waals surface area contributed by atoms with Gasteiger partial charge in [0.2, 0.25) is 11.0 Å². The molecule has 2 aromatic carbocycles. The van der Waals surface area contributed by atoms with Gasteiger partial charge in [-0.3, -0.25) is 4.79 Å². The topological polar surface area (TPSA) is 78.3 Å². The average Bonchev–Trinajstić information content (AvgIpc) is 3.39. The van der Waals surface area contributed by atoms with Crippen molar-refractivity contribution in [2.45, 2.75) is 39.0 Å². The van der Waals surface area contributed by atoms with E-state index in [0.717, 1.165) is 51.4 Å². The molecule has 0 radical (unpaired) electrons. The van der Waals surface area contributed by atoms with Crippen LogP contribution >= 0.6 is 11.3 Å². The molecule has 33 heavy (non-hydrogen) atoms. The molecule has 1 N–H and O–H groups in total. The molecule has 1 aliphatic rings. The van der Waals surface area contributed by atoms with E-state index in [1.807, 2.05) is 43.3 Å². The highest BCUT2D eigenvalue weighted by Gasteiger charge is 2.34. The number of para-hydroxylation sites is 1. The predicted octanol–water partition coefficient (Wildman–Crippen LogP) is 5.45. The first-order valence-electron chi connectivity index (χ1n) is 11.1. The number of thiazole rings is 1. The number of methoxy groups -OCH3 is 1. The summed E-state index contributed by atoms with van der Waals surface area (Å²) in [5, 5.41) is 8.55.